The van der Waals surface area contributed by atoms with Crippen molar-refractivity contribution in [3.8, 4) is 11.9 Å². The Balaban J connectivity index is 1.62. The van der Waals surface area contributed by atoms with Crippen molar-refractivity contribution in [3.63, 3.8) is 0 Å². The molecule has 0 aliphatic carbocycles. The topological polar surface area (TPSA) is 121 Å². The summed E-state index contributed by atoms with van der Waals surface area (Å²) in [6.07, 6.45) is 7.09. The number of nitrogens with one attached hydrogen (secondary N) is 1. The lowest BCUT2D eigenvalue weighted by Crippen LogP contribution is -2.58. The number of fused-ring (bicyclic) bond motifs is 2. The fourth-order valence-corrected chi connectivity index (χ4v) is 4.67. The van der Waals surface area contributed by atoms with Gasteiger partial charge in [-0.1, -0.05) is 17.7 Å². The summed E-state index contributed by atoms with van der Waals surface area (Å²) in [4.78, 5) is 31.9. The Hall–Kier alpha value is -4.23. The summed E-state index contributed by atoms with van der Waals surface area (Å²) in [6.45, 7) is 2.67. The molecule has 6 heterocycles. The average molecular weight is 458 g/mol. The van der Waals surface area contributed by atoms with Gasteiger partial charge in [-0.2, -0.15) is 10.4 Å². The Kier molecular flexibility index (Phi) is 4.06. The highest BCUT2D eigenvalue weighted by Crippen LogP contribution is 2.44. The molecule has 11 heteroatoms. The number of hydrogen-bond donors (Lipinski definition) is 1. The summed E-state index contributed by atoms with van der Waals surface area (Å²) in [6, 6.07) is 9.20. The molecule has 5 aromatic heterocycles. The summed E-state index contributed by atoms with van der Waals surface area (Å²) >= 11 is 6.31. The van der Waals surface area contributed by atoms with Gasteiger partial charge in [-0.05, 0) is 31.5 Å². The van der Waals surface area contributed by atoms with E-state index < -0.39 is 5.54 Å². The van der Waals surface area contributed by atoms with Crippen LogP contribution in [-0.2, 0) is 5.54 Å². The van der Waals surface area contributed by atoms with Gasteiger partial charge in [0.25, 0.3) is 5.56 Å². The van der Waals surface area contributed by atoms with Crippen LogP contribution in [0, 0.1) is 11.3 Å². The van der Waals surface area contributed by atoms with Gasteiger partial charge >= 0.3 is 0 Å². The van der Waals surface area contributed by atoms with E-state index in [4.69, 9.17) is 16.7 Å². The third-order valence-corrected chi connectivity index (χ3v) is 6.55. The van der Waals surface area contributed by atoms with E-state index in [-0.39, 0.29) is 11.1 Å². The highest BCUT2D eigenvalue weighted by Gasteiger charge is 2.48. The summed E-state index contributed by atoms with van der Waals surface area (Å²) in [5.41, 5.74) is 0.301. The van der Waals surface area contributed by atoms with Gasteiger partial charge in [0.05, 0.1) is 16.0 Å². The summed E-state index contributed by atoms with van der Waals surface area (Å²) in [5.74, 6) is 1.56. The molecule has 162 valence electrons. The van der Waals surface area contributed by atoms with Crippen LogP contribution < -0.4 is 10.5 Å². The molecule has 0 bridgehead atoms. The van der Waals surface area contributed by atoms with Gasteiger partial charge in [0.15, 0.2) is 5.82 Å². The number of aromatic nitrogens is 7. The quantitative estimate of drug-likeness (QED) is 0.442. The minimum absolute atomic E-state index is 0.280. The van der Waals surface area contributed by atoms with Crippen molar-refractivity contribution in [1.82, 2.24) is 34.1 Å². The van der Waals surface area contributed by atoms with E-state index in [0.29, 0.717) is 52.0 Å². The third kappa shape index (κ3) is 2.63. The number of halogens is 1. The van der Waals surface area contributed by atoms with Gasteiger partial charge in [0, 0.05) is 25.1 Å². The lowest BCUT2D eigenvalue weighted by molar-refractivity contribution is 0.278. The molecule has 1 fully saturated rings. The highest BCUT2D eigenvalue weighted by molar-refractivity contribution is 6.33. The van der Waals surface area contributed by atoms with Gasteiger partial charge in [-0.15, -0.1) is 0 Å². The van der Waals surface area contributed by atoms with E-state index in [1.165, 1.54) is 15.4 Å². The van der Waals surface area contributed by atoms with E-state index in [1.807, 2.05) is 17.9 Å². The predicted molar refractivity (Wildman–Crippen MR) is 122 cm³/mol. The number of rotatable bonds is 3. The monoisotopic (exact) mass is 457 g/mol. The Labute approximate surface area is 191 Å². The normalized spacial score (nSPS) is 17.9. The van der Waals surface area contributed by atoms with Gasteiger partial charge in [-0.25, -0.2) is 24.0 Å². The maximum atomic E-state index is 13.6. The molecule has 1 aliphatic rings. The Bertz CT molecular complexity index is 1650. The number of nitriles is 1. The van der Waals surface area contributed by atoms with Crippen LogP contribution in [-0.4, -0.2) is 40.7 Å². The predicted octanol–water partition coefficient (Wildman–Crippen LogP) is 2.80. The number of hydrogen-bond acceptors (Lipinski definition) is 7. The molecule has 0 aromatic carbocycles. The van der Waals surface area contributed by atoms with E-state index in [2.05, 4.69) is 26.0 Å². The van der Waals surface area contributed by atoms with Crippen LogP contribution in [0.3, 0.4) is 0 Å². The van der Waals surface area contributed by atoms with Crippen molar-refractivity contribution in [2.24, 2.45) is 0 Å². The largest absolute Gasteiger partial charge is 0.345 e. The summed E-state index contributed by atoms with van der Waals surface area (Å²) < 4.78 is 3.02. The number of nitrogens with zero attached hydrogens (tertiary/aromatic N) is 8. The molecule has 10 nitrogen and oxygen atoms in total. The standard InChI is InChI=1S/C22H16ClN9O/c1-22(6-9-30(22)19-16-13(10-24)11-26-18(16)27-12-28-19)21-29-31-8-5-14(23)17(31)20(33)32(21)15-4-2-3-7-25-15/h2-5,7-8,11-12H,6,9H2,1H3,(H,26,27,28)/t22-/m0/s1. The second kappa shape index (κ2) is 6.88. The molecule has 33 heavy (non-hydrogen) atoms. The van der Waals surface area contributed by atoms with Crippen molar-refractivity contribution in [2.45, 2.75) is 18.9 Å². The van der Waals surface area contributed by atoms with Crippen molar-refractivity contribution >= 4 is 34.0 Å². The first-order valence-corrected chi connectivity index (χ1v) is 10.6. The molecule has 0 amide bonds. The maximum absolute atomic E-state index is 13.6. The zero-order valence-corrected chi connectivity index (χ0v) is 18.2. The Morgan fingerprint density at radius 2 is 2.12 bits per heavy atom. The summed E-state index contributed by atoms with van der Waals surface area (Å²) in [7, 11) is 0. The van der Waals surface area contributed by atoms with Gasteiger partial charge in [0.1, 0.15) is 40.7 Å². The van der Waals surface area contributed by atoms with Gasteiger partial charge in [-0.3, -0.25) is 4.79 Å². The SMILES string of the molecule is C[C@@]1(c2nn3ccc(Cl)c3c(=O)n2-c2ccccn2)CCN1c1ncnc2[nH]cc(C#N)c12. The first kappa shape index (κ1) is 19.5. The molecule has 6 rings (SSSR count). The third-order valence-electron chi connectivity index (χ3n) is 6.24. The summed E-state index contributed by atoms with van der Waals surface area (Å²) in [5, 5.41) is 15.4. The van der Waals surface area contributed by atoms with E-state index in [9.17, 15) is 10.1 Å². The average Bonchev–Trinajstić information content (AvgIpc) is 3.42. The Morgan fingerprint density at radius 3 is 2.85 bits per heavy atom. The van der Waals surface area contributed by atoms with E-state index in [1.54, 1.807) is 36.8 Å². The van der Waals surface area contributed by atoms with E-state index >= 15 is 0 Å². The number of aromatic amines is 1. The lowest BCUT2D eigenvalue weighted by Gasteiger charge is -2.51. The van der Waals surface area contributed by atoms with Crippen LogP contribution in [0.25, 0.3) is 22.4 Å². The molecule has 1 aliphatic heterocycles. The van der Waals surface area contributed by atoms with Crippen molar-refractivity contribution in [1.29, 1.82) is 5.26 Å². The van der Waals surface area contributed by atoms with Crippen LogP contribution in [0.15, 0.2) is 54.0 Å². The minimum atomic E-state index is -0.701. The van der Waals surface area contributed by atoms with E-state index in [0.717, 1.165) is 0 Å². The zero-order chi connectivity index (χ0) is 22.7. The second-order valence-electron chi connectivity index (χ2n) is 8.02. The first-order valence-electron chi connectivity index (χ1n) is 10.2. The fraction of sp³-hybridized carbons (Fsp3) is 0.182. The molecule has 1 saturated heterocycles. The van der Waals surface area contributed by atoms with Crippen molar-refractivity contribution in [2.75, 3.05) is 11.4 Å². The molecular formula is C22H16ClN9O. The number of pyridine rings is 1. The number of H-pyrrole nitrogens is 1. The molecule has 5 aromatic rings. The smallest absolute Gasteiger partial charge is 0.285 e. The first-order chi connectivity index (χ1) is 16.0. The molecule has 0 unspecified atom stereocenters. The lowest BCUT2D eigenvalue weighted by atomic mass is 9.85. The van der Waals surface area contributed by atoms with Crippen molar-refractivity contribution in [3.05, 3.63) is 75.9 Å². The van der Waals surface area contributed by atoms with Gasteiger partial charge in [0.2, 0.25) is 0 Å². The minimum Gasteiger partial charge on any atom is -0.345 e. The molecular weight excluding hydrogens is 442 g/mol. The molecule has 1 atom stereocenters. The van der Waals surface area contributed by atoms with Crippen LogP contribution in [0.5, 0.6) is 0 Å². The highest BCUT2D eigenvalue weighted by atomic mass is 35.5. The van der Waals surface area contributed by atoms with Crippen LogP contribution >= 0.6 is 11.6 Å². The fourth-order valence-electron chi connectivity index (χ4n) is 4.45. The van der Waals surface area contributed by atoms with Crippen LogP contribution in [0.1, 0.15) is 24.7 Å². The molecule has 0 radical (unpaired) electrons. The zero-order valence-electron chi connectivity index (χ0n) is 17.4. The molecule has 0 saturated carbocycles. The van der Waals surface area contributed by atoms with Crippen LogP contribution in [0.2, 0.25) is 5.02 Å². The molecule has 1 N–H and O–H groups in total. The number of anilines is 1. The Morgan fingerprint density at radius 1 is 1.24 bits per heavy atom. The van der Waals surface area contributed by atoms with Crippen molar-refractivity contribution < 1.29 is 0 Å². The van der Waals surface area contributed by atoms with Gasteiger partial charge < -0.3 is 9.88 Å². The second-order valence-corrected chi connectivity index (χ2v) is 8.43. The maximum Gasteiger partial charge on any atom is 0.285 e. The molecule has 0 spiro atoms. The van der Waals surface area contributed by atoms with Crippen LogP contribution in [0.4, 0.5) is 5.82 Å².